The number of hydrogen-bond acceptors (Lipinski definition) is 0. The third kappa shape index (κ3) is 2.41. The van der Waals surface area contributed by atoms with Crippen LogP contribution in [0.5, 0.6) is 0 Å². The first-order chi connectivity index (χ1) is 12.6. The SMILES string of the molecule is CC1=C(CC2C=Cc3ccccc32)C2=Cc3cc(Br)ccc3C(C)C2=C1. The molecule has 0 saturated carbocycles. The van der Waals surface area contributed by atoms with Crippen LogP contribution in [-0.2, 0) is 0 Å². The molecule has 5 rings (SSSR count). The summed E-state index contributed by atoms with van der Waals surface area (Å²) in [6.45, 7) is 4.62. The van der Waals surface area contributed by atoms with Crippen molar-refractivity contribution in [1.82, 2.24) is 0 Å². The normalized spacial score (nSPS) is 22.7. The molecular weight excluding hydrogens is 380 g/mol. The average molecular weight is 401 g/mol. The lowest BCUT2D eigenvalue weighted by atomic mass is 9.78. The van der Waals surface area contributed by atoms with Crippen LogP contribution in [0.2, 0.25) is 0 Å². The lowest BCUT2D eigenvalue weighted by molar-refractivity contribution is 0.832. The molecule has 0 aromatic heterocycles. The van der Waals surface area contributed by atoms with Crippen molar-refractivity contribution in [3.05, 3.63) is 104 Å². The van der Waals surface area contributed by atoms with Crippen LogP contribution >= 0.6 is 15.9 Å². The van der Waals surface area contributed by atoms with Crippen LogP contribution in [0.1, 0.15) is 54.4 Å². The molecule has 0 heterocycles. The first-order valence-corrected chi connectivity index (χ1v) is 10.1. The third-order valence-electron chi connectivity index (χ3n) is 6.09. The monoisotopic (exact) mass is 400 g/mol. The molecule has 0 fully saturated rings. The maximum atomic E-state index is 3.63. The minimum atomic E-state index is 0.456. The molecule has 0 amide bonds. The first-order valence-electron chi connectivity index (χ1n) is 9.32. The zero-order valence-electron chi connectivity index (χ0n) is 15.1. The number of fused-ring (bicyclic) bond motifs is 3. The van der Waals surface area contributed by atoms with Crippen LogP contribution in [0, 0.1) is 0 Å². The van der Waals surface area contributed by atoms with Gasteiger partial charge in [-0.15, -0.1) is 0 Å². The molecule has 2 aromatic rings. The Kier molecular flexibility index (Phi) is 3.68. The number of benzene rings is 2. The highest BCUT2D eigenvalue weighted by molar-refractivity contribution is 9.10. The summed E-state index contributed by atoms with van der Waals surface area (Å²) in [4.78, 5) is 0. The van der Waals surface area contributed by atoms with Gasteiger partial charge in [0.05, 0.1) is 0 Å². The molecule has 0 N–H and O–H groups in total. The Labute approximate surface area is 163 Å². The van der Waals surface area contributed by atoms with Gasteiger partial charge in [-0.1, -0.05) is 71.4 Å². The van der Waals surface area contributed by atoms with E-state index in [-0.39, 0.29) is 0 Å². The fourth-order valence-corrected chi connectivity index (χ4v) is 5.07. The molecule has 128 valence electrons. The summed E-state index contributed by atoms with van der Waals surface area (Å²) in [5.41, 5.74) is 11.5. The molecule has 0 nitrogen and oxygen atoms in total. The van der Waals surface area contributed by atoms with E-state index in [1.807, 2.05) is 0 Å². The van der Waals surface area contributed by atoms with Gasteiger partial charge in [0.25, 0.3) is 0 Å². The van der Waals surface area contributed by atoms with Gasteiger partial charge in [0.15, 0.2) is 0 Å². The van der Waals surface area contributed by atoms with Crippen molar-refractivity contribution in [1.29, 1.82) is 0 Å². The molecule has 2 atom stereocenters. The van der Waals surface area contributed by atoms with Gasteiger partial charge in [0, 0.05) is 16.3 Å². The average Bonchev–Trinajstić information content (AvgIpc) is 3.18. The highest BCUT2D eigenvalue weighted by Gasteiger charge is 2.31. The van der Waals surface area contributed by atoms with Crippen LogP contribution in [0.3, 0.4) is 0 Å². The van der Waals surface area contributed by atoms with Crippen molar-refractivity contribution < 1.29 is 0 Å². The summed E-state index contributed by atoms with van der Waals surface area (Å²) in [6.07, 6.45) is 10.6. The topological polar surface area (TPSA) is 0 Å². The Morgan fingerprint density at radius 2 is 1.81 bits per heavy atom. The van der Waals surface area contributed by atoms with E-state index in [1.165, 1.54) is 44.5 Å². The molecular formula is C25H21Br. The van der Waals surface area contributed by atoms with E-state index in [9.17, 15) is 0 Å². The van der Waals surface area contributed by atoms with E-state index in [0.29, 0.717) is 11.8 Å². The van der Waals surface area contributed by atoms with Crippen molar-refractivity contribution in [2.24, 2.45) is 0 Å². The summed E-state index contributed by atoms with van der Waals surface area (Å²) < 4.78 is 1.15. The highest BCUT2D eigenvalue weighted by Crippen LogP contribution is 2.49. The molecule has 0 bridgehead atoms. The molecule has 0 saturated heterocycles. The minimum Gasteiger partial charge on any atom is -0.0760 e. The molecule has 0 aliphatic heterocycles. The van der Waals surface area contributed by atoms with Crippen LogP contribution in [0.4, 0.5) is 0 Å². The minimum absolute atomic E-state index is 0.456. The van der Waals surface area contributed by atoms with E-state index in [0.717, 1.165) is 10.9 Å². The van der Waals surface area contributed by atoms with Gasteiger partial charge in [0.1, 0.15) is 0 Å². The van der Waals surface area contributed by atoms with Crippen molar-refractivity contribution >= 4 is 28.1 Å². The molecule has 3 aliphatic rings. The van der Waals surface area contributed by atoms with Gasteiger partial charge in [-0.3, -0.25) is 0 Å². The Bertz CT molecular complexity index is 1050. The molecule has 0 radical (unpaired) electrons. The number of allylic oxidation sites excluding steroid dienone is 6. The molecule has 2 unspecified atom stereocenters. The lowest BCUT2D eigenvalue weighted by Gasteiger charge is -2.26. The fourth-order valence-electron chi connectivity index (χ4n) is 4.69. The largest absolute Gasteiger partial charge is 0.0760 e. The number of hydrogen-bond donors (Lipinski definition) is 0. The Hall–Kier alpha value is -2.12. The van der Waals surface area contributed by atoms with Gasteiger partial charge in [-0.2, -0.15) is 0 Å². The van der Waals surface area contributed by atoms with Crippen molar-refractivity contribution in [2.45, 2.75) is 32.1 Å². The maximum absolute atomic E-state index is 3.63. The molecule has 3 aliphatic carbocycles. The molecule has 2 aromatic carbocycles. The Morgan fingerprint density at radius 3 is 2.69 bits per heavy atom. The Balaban J connectivity index is 1.54. The van der Waals surface area contributed by atoms with E-state index in [1.54, 1.807) is 0 Å². The summed E-state index contributed by atoms with van der Waals surface area (Å²) in [6, 6.07) is 15.5. The molecule has 0 spiro atoms. The summed E-state index contributed by atoms with van der Waals surface area (Å²) in [5.74, 6) is 0.945. The molecule has 26 heavy (non-hydrogen) atoms. The van der Waals surface area contributed by atoms with Crippen LogP contribution in [-0.4, -0.2) is 0 Å². The van der Waals surface area contributed by atoms with Crippen molar-refractivity contribution in [2.75, 3.05) is 0 Å². The predicted molar refractivity (Wildman–Crippen MR) is 114 cm³/mol. The number of halogens is 1. The van der Waals surface area contributed by atoms with Gasteiger partial charge in [0.2, 0.25) is 0 Å². The number of rotatable bonds is 2. The second kappa shape index (κ2) is 5.96. The standard InChI is InChI=1S/C25H21Br/c1-15-11-24-16(2)21-10-9-20(26)12-19(21)14-25(24)23(15)13-18-8-7-17-5-3-4-6-22(17)18/h3-12,14,16,18H,13H2,1-2H3. The van der Waals surface area contributed by atoms with Crippen LogP contribution in [0.25, 0.3) is 12.2 Å². The van der Waals surface area contributed by atoms with E-state index in [2.05, 4.69) is 96.5 Å². The van der Waals surface area contributed by atoms with Gasteiger partial charge >= 0.3 is 0 Å². The van der Waals surface area contributed by atoms with Gasteiger partial charge in [-0.25, -0.2) is 0 Å². The quantitative estimate of drug-likeness (QED) is 0.492. The van der Waals surface area contributed by atoms with E-state index < -0.39 is 0 Å². The highest BCUT2D eigenvalue weighted by atomic mass is 79.9. The zero-order chi connectivity index (χ0) is 17.8. The first kappa shape index (κ1) is 16.1. The van der Waals surface area contributed by atoms with Crippen molar-refractivity contribution in [3.8, 4) is 0 Å². The summed E-state index contributed by atoms with van der Waals surface area (Å²) in [7, 11) is 0. The van der Waals surface area contributed by atoms with Crippen LogP contribution < -0.4 is 0 Å². The summed E-state index contributed by atoms with van der Waals surface area (Å²) >= 11 is 3.63. The van der Waals surface area contributed by atoms with E-state index >= 15 is 0 Å². The zero-order valence-corrected chi connectivity index (χ0v) is 16.7. The predicted octanol–water partition coefficient (Wildman–Crippen LogP) is 7.41. The second-order valence-electron chi connectivity index (χ2n) is 7.61. The van der Waals surface area contributed by atoms with E-state index in [4.69, 9.17) is 0 Å². The summed E-state index contributed by atoms with van der Waals surface area (Å²) in [5, 5.41) is 0. The van der Waals surface area contributed by atoms with Crippen molar-refractivity contribution in [3.63, 3.8) is 0 Å². The third-order valence-corrected chi connectivity index (χ3v) is 6.59. The molecule has 1 heteroatoms. The Morgan fingerprint density at radius 1 is 0.962 bits per heavy atom. The fraction of sp³-hybridized carbons (Fsp3) is 0.200. The van der Waals surface area contributed by atoms with Crippen LogP contribution in [0.15, 0.2) is 81.4 Å². The second-order valence-corrected chi connectivity index (χ2v) is 8.53. The smallest absolute Gasteiger partial charge is 0.0181 e. The van der Waals surface area contributed by atoms with Gasteiger partial charge < -0.3 is 0 Å². The maximum Gasteiger partial charge on any atom is 0.0181 e. The van der Waals surface area contributed by atoms with Gasteiger partial charge in [-0.05, 0) is 76.1 Å². The lowest BCUT2D eigenvalue weighted by Crippen LogP contribution is -2.08.